The van der Waals surface area contributed by atoms with Crippen LogP contribution in [0.15, 0.2) is 23.8 Å². The maximum Gasteiger partial charge on any atom is 0.0934 e. The maximum absolute atomic E-state index is 6.57. The van der Waals surface area contributed by atoms with Crippen molar-refractivity contribution in [1.29, 1.82) is 0 Å². The van der Waals surface area contributed by atoms with Crippen LogP contribution in [0.1, 0.15) is 241 Å². The van der Waals surface area contributed by atoms with Crippen molar-refractivity contribution in [1.82, 2.24) is 4.90 Å². The number of hydrogen-bond acceptors (Lipinski definition) is 5. The SMILES string of the molecule is CCCCCCCCC=CCCCCCCCCOCC(CN1CCCCCC1)OCCCOCCCO[C@H]1CC[C@@]2(C)C(=CC[C@H]3[C@H]4CC[C@@H]([C@@H](C)CCCC(C)C)[C@@]4(C)CC[C@H]32)C1. The third-order valence-electron chi connectivity index (χ3n) is 18.1. The smallest absolute Gasteiger partial charge is 0.0934 e. The van der Waals surface area contributed by atoms with Crippen molar-refractivity contribution in [2.75, 3.05) is 59.3 Å². The fraction of sp³-hybridized carbons (Fsp3) is 0.933. The molecule has 3 saturated carbocycles. The van der Waals surface area contributed by atoms with E-state index in [1.54, 1.807) is 5.57 Å². The topological polar surface area (TPSA) is 40.2 Å². The van der Waals surface area contributed by atoms with Gasteiger partial charge in [-0.25, -0.2) is 0 Å². The molecule has 0 aromatic carbocycles. The van der Waals surface area contributed by atoms with Gasteiger partial charge in [-0.15, -0.1) is 0 Å². The van der Waals surface area contributed by atoms with Crippen molar-refractivity contribution >= 4 is 0 Å². The average Bonchev–Trinajstić information content (AvgIpc) is 3.45. The summed E-state index contributed by atoms with van der Waals surface area (Å²) < 4.78 is 25.4. The molecule has 378 valence electrons. The summed E-state index contributed by atoms with van der Waals surface area (Å²) in [5, 5.41) is 0. The van der Waals surface area contributed by atoms with E-state index >= 15 is 0 Å². The van der Waals surface area contributed by atoms with E-state index in [-0.39, 0.29) is 6.10 Å². The fourth-order valence-electron chi connectivity index (χ4n) is 14.1. The molecule has 0 aromatic heterocycles. The molecule has 5 nitrogen and oxygen atoms in total. The first-order chi connectivity index (χ1) is 31.7. The van der Waals surface area contributed by atoms with Crippen molar-refractivity contribution in [2.45, 2.75) is 253 Å². The van der Waals surface area contributed by atoms with Crippen LogP contribution in [0.5, 0.6) is 0 Å². The van der Waals surface area contributed by atoms with E-state index in [1.165, 1.54) is 193 Å². The zero-order valence-corrected chi connectivity index (χ0v) is 44.2. The quantitative estimate of drug-likeness (QED) is 0.0468. The number of fused-ring (bicyclic) bond motifs is 5. The first kappa shape index (κ1) is 55.2. The molecule has 9 atom stereocenters. The van der Waals surface area contributed by atoms with Gasteiger partial charge in [0, 0.05) is 39.6 Å². The van der Waals surface area contributed by atoms with E-state index in [2.05, 4.69) is 64.7 Å². The van der Waals surface area contributed by atoms with Crippen LogP contribution in [-0.2, 0) is 18.9 Å². The number of allylic oxidation sites excluding steroid dienone is 3. The van der Waals surface area contributed by atoms with Crippen LogP contribution in [0.3, 0.4) is 0 Å². The number of unbranched alkanes of at least 4 members (excludes halogenated alkanes) is 12. The van der Waals surface area contributed by atoms with E-state index in [9.17, 15) is 0 Å². The van der Waals surface area contributed by atoms with E-state index in [0.717, 1.165) is 101 Å². The van der Waals surface area contributed by atoms with Gasteiger partial charge in [0.25, 0.3) is 0 Å². The van der Waals surface area contributed by atoms with Crippen LogP contribution in [0.2, 0.25) is 0 Å². The number of likely N-dealkylation sites (tertiary alicyclic amines) is 1. The Labute approximate surface area is 404 Å². The minimum absolute atomic E-state index is 0.157. The molecule has 65 heavy (non-hydrogen) atoms. The highest BCUT2D eigenvalue weighted by Gasteiger charge is 2.59. The number of rotatable bonds is 35. The molecule has 1 heterocycles. The molecule has 1 saturated heterocycles. The van der Waals surface area contributed by atoms with E-state index in [0.29, 0.717) is 16.9 Å². The van der Waals surface area contributed by atoms with E-state index in [4.69, 9.17) is 18.9 Å². The van der Waals surface area contributed by atoms with Gasteiger partial charge in [0.1, 0.15) is 0 Å². The van der Waals surface area contributed by atoms with Crippen molar-refractivity contribution < 1.29 is 18.9 Å². The third kappa shape index (κ3) is 18.8. The van der Waals surface area contributed by atoms with Gasteiger partial charge in [-0.05, 0) is 169 Å². The van der Waals surface area contributed by atoms with Gasteiger partial charge in [-0.1, -0.05) is 155 Å². The third-order valence-corrected chi connectivity index (χ3v) is 18.1. The Morgan fingerprint density at radius 3 is 2.06 bits per heavy atom. The molecule has 5 rings (SSSR count). The van der Waals surface area contributed by atoms with Gasteiger partial charge in [0.15, 0.2) is 0 Å². The molecule has 0 aromatic rings. The summed E-state index contributed by atoms with van der Waals surface area (Å²) in [5.74, 6) is 5.41. The second-order valence-corrected chi connectivity index (χ2v) is 23.6. The van der Waals surface area contributed by atoms with Crippen LogP contribution in [-0.4, -0.2) is 76.4 Å². The molecule has 0 spiro atoms. The van der Waals surface area contributed by atoms with Crippen LogP contribution in [0.4, 0.5) is 0 Å². The molecule has 1 aliphatic heterocycles. The van der Waals surface area contributed by atoms with Crippen molar-refractivity contribution in [2.24, 2.45) is 46.3 Å². The molecule has 0 amide bonds. The Morgan fingerprint density at radius 1 is 0.662 bits per heavy atom. The lowest BCUT2D eigenvalue weighted by Crippen LogP contribution is -2.51. The summed E-state index contributed by atoms with van der Waals surface area (Å²) in [5.41, 5.74) is 2.73. The van der Waals surface area contributed by atoms with Gasteiger partial charge < -0.3 is 23.8 Å². The summed E-state index contributed by atoms with van der Waals surface area (Å²) in [4.78, 5) is 2.63. The van der Waals surface area contributed by atoms with Gasteiger partial charge in [0.05, 0.1) is 18.8 Å². The van der Waals surface area contributed by atoms with Gasteiger partial charge in [0.2, 0.25) is 0 Å². The Hall–Kier alpha value is -0.720. The zero-order valence-electron chi connectivity index (χ0n) is 44.2. The van der Waals surface area contributed by atoms with Crippen molar-refractivity contribution in [3.8, 4) is 0 Å². The van der Waals surface area contributed by atoms with E-state index in [1.807, 2.05) is 0 Å². The second-order valence-electron chi connectivity index (χ2n) is 23.6. The molecular formula is C60H109NO4. The minimum atomic E-state index is 0.157. The molecule has 0 N–H and O–H groups in total. The summed E-state index contributed by atoms with van der Waals surface area (Å²) >= 11 is 0. The molecule has 4 fully saturated rings. The predicted octanol–water partition coefficient (Wildman–Crippen LogP) is 16.5. The lowest BCUT2D eigenvalue weighted by Gasteiger charge is -2.58. The standard InChI is InChI=1S/C60H109NO4/c1-7-8-9-10-11-12-13-14-15-16-17-18-19-20-23-26-42-63-49-54(48-61-40-24-21-22-25-41-61)65-46-29-44-62-43-28-45-64-53-36-38-59(5)52(47-53)32-33-55-57-35-34-56(51(4)31-27-30-50(2)3)60(57,6)39-37-58(55)59/h14-15,32,50-51,53-58H,7-13,16-31,33-49H2,1-6H3/t51-,53-,54?,55-,56-,57+,58+,59-,60+/m0/s1. The monoisotopic (exact) mass is 908 g/mol. The highest BCUT2D eigenvalue weighted by molar-refractivity contribution is 5.25. The Bertz CT molecular complexity index is 1270. The normalized spacial score (nSPS) is 29.4. The molecule has 0 bridgehead atoms. The maximum atomic E-state index is 6.57. The van der Waals surface area contributed by atoms with Crippen LogP contribution >= 0.6 is 0 Å². The number of hydrogen-bond donors (Lipinski definition) is 0. The average molecular weight is 909 g/mol. The second kappa shape index (κ2) is 31.5. The first-order valence-corrected chi connectivity index (χ1v) is 29.2. The largest absolute Gasteiger partial charge is 0.381 e. The first-order valence-electron chi connectivity index (χ1n) is 29.2. The van der Waals surface area contributed by atoms with E-state index < -0.39 is 0 Å². The molecule has 5 aliphatic rings. The minimum Gasteiger partial charge on any atom is -0.381 e. The zero-order chi connectivity index (χ0) is 46.0. The summed E-state index contributed by atoms with van der Waals surface area (Å²) in [6, 6.07) is 0. The van der Waals surface area contributed by atoms with Gasteiger partial charge >= 0.3 is 0 Å². The Morgan fingerprint density at radius 2 is 1.34 bits per heavy atom. The van der Waals surface area contributed by atoms with Gasteiger partial charge in [-0.3, -0.25) is 0 Å². The summed E-state index contributed by atoms with van der Waals surface area (Å²) in [6.07, 6.45) is 49.4. The van der Waals surface area contributed by atoms with Crippen molar-refractivity contribution in [3.63, 3.8) is 0 Å². The molecule has 4 aliphatic carbocycles. The summed E-state index contributed by atoms with van der Waals surface area (Å²) in [7, 11) is 0. The lowest BCUT2D eigenvalue weighted by molar-refractivity contribution is -0.0651. The van der Waals surface area contributed by atoms with Gasteiger partial charge in [-0.2, -0.15) is 0 Å². The van der Waals surface area contributed by atoms with Crippen molar-refractivity contribution in [3.05, 3.63) is 23.8 Å². The molecule has 0 radical (unpaired) electrons. The summed E-state index contributed by atoms with van der Waals surface area (Å²) in [6.45, 7) is 23.2. The highest BCUT2D eigenvalue weighted by atomic mass is 16.5. The number of ether oxygens (including phenoxy) is 4. The predicted molar refractivity (Wildman–Crippen MR) is 278 cm³/mol. The number of nitrogens with zero attached hydrogens (tertiary/aromatic N) is 1. The Balaban J connectivity index is 0.890. The lowest BCUT2D eigenvalue weighted by atomic mass is 9.47. The molecular weight excluding hydrogens is 799 g/mol. The fourth-order valence-corrected chi connectivity index (χ4v) is 14.1. The van der Waals surface area contributed by atoms with Crippen LogP contribution in [0, 0.1) is 46.3 Å². The highest BCUT2D eigenvalue weighted by Crippen LogP contribution is 2.67. The molecule has 5 heteroatoms. The Kier molecular flexibility index (Phi) is 26.8. The van der Waals surface area contributed by atoms with Crippen LogP contribution < -0.4 is 0 Å². The van der Waals surface area contributed by atoms with Crippen LogP contribution in [0.25, 0.3) is 0 Å². The molecule has 1 unspecified atom stereocenters.